The number of benzene rings is 10. The molecule has 4 heteroatoms. The van der Waals surface area contributed by atoms with Gasteiger partial charge >= 0.3 is 0 Å². The van der Waals surface area contributed by atoms with Crippen molar-refractivity contribution in [2.75, 3.05) is 0 Å². The smallest absolute Gasteiger partial charge is 0.147 e. The molecule has 64 heavy (non-hydrogen) atoms. The van der Waals surface area contributed by atoms with E-state index in [0.717, 1.165) is 66.5 Å². The van der Waals surface area contributed by atoms with Crippen molar-refractivity contribution in [3.8, 4) is 50.4 Å². The Morgan fingerprint density at radius 1 is 0.297 bits per heavy atom. The van der Waals surface area contributed by atoms with E-state index in [4.69, 9.17) is 0 Å². The zero-order valence-corrected chi connectivity index (χ0v) is 34.7. The summed E-state index contributed by atoms with van der Waals surface area (Å²) < 4.78 is 23.5. The van der Waals surface area contributed by atoms with Crippen LogP contribution in [0, 0.1) is 5.82 Å². The van der Waals surface area contributed by atoms with Crippen LogP contribution in [0.15, 0.2) is 231 Å². The van der Waals surface area contributed by atoms with Gasteiger partial charge in [0.15, 0.2) is 0 Å². The fraction of sp³-hybridized carbons (Fsp3) is 0. The average molecular weight is 820 g/mol. The highest BCUT2D eigenvalue weighted by atomic mass is 19.1. The molecule has 3 aromatic heterocycles. The molecule has 10 aromatic carbocycles. The predicted molar refractivity (Wildman–Crippen MR) is 266 cm³/mol. The first-order chi connectivity index (χ1) is 31.7. The van der Waals surface area contributed by atoms with Crippen molar-refractivity contribution in [1.82, 2.24) is 13.7 Å². The zero-order chi connectivity index (χ0) is 42.3. The third kappa shape index (κ3) is 5.39. The van der Waals surface area contributed by atoms with E-state index < -0.39 is 0 Å². The van der Waals surface area contributed by atoms with E-state index in [1.54, 1.807) is 12.1 Å². The summed E-state index contributed by atoms with van der Waals surface area (Å²) in [5.74, 6) is -0.268. The van der Waals surface area contributed by atoms with Gasteiger partial charge < -0.3 is 13.7 Å². The molecule has 0 amide bonds. The van der Waals surface area contributed by atoms with Crippen molar-refractivity contribution in [3.05, 3.63) is 236 Å². The summed E-state index contributed by atoms with van der Waals surface area (Å²) in [5, 5.41) is 6.98. The number of fused-ring (bicyclic) bond motifs is 10. The first kappa shape index (κ1) is 36.2. The number of hydrogen-bond acceptors (Lipinski definition) is 0. The molecule has 0 spiro atoms. The monoisotopic (exact) mass is 819 g/mol. The molecule has 0 radical (unpaired) electrons. The quantitative estimate of drug-likeness (QED) is 0.159. The van der Waals surface area contributed by atoms with Gasteiger partial charge in [-0.05, 0) is 76.9 Å². The summed E-state index contributed by atoms with van der Waals surface area (Å²) >= 11 is 0. The van der Waals surface area contributed by atoms with E-state index in [-0.39, 0.29) is 5.82 Å². The Morgan fingerprint density at radius 3 is 1.58 bits per heavy atom. The molecule has 0 N–H and O–H groups in total. The molecule has 13 rings (SSSR count). The predicted octanol–water partition coefficient (Wildman–Crippen LogP) is 16.1. The van der Waals surface area contributed by atoms with Crippen molar-refractivity contribution in [2.24, 2.45) is 0 Å². The Kier molecular flexibility index (Phi) is 8.09. The van der Waals surface area contributed by atoms with Gasteiger partial charge in [-0.3, -0.25) is 0 Å². The molecule has 0 aliphatic carbocycles. The minimum atomic E-state index is -0.268. The van der Waals surface area contributed by atoms with Crippen LogP contribution in [0.25, 0.3) is 116 Å². The van der Waals surface area contributed by atoms with Crippen molar-refractivity contribution in [2.45, 2.75) is 0 Å². The number of halogens is 1. The molecule has 0 saturated carbocycles. The van der Waals surface area contributed by atoms with Crippen LogP contribution in [-0.2, 0) is 0 Å². The van der Waals surface area contributed by atoms with Gasteiger partial charge in [0.05, 0.1) is 44.5 Å². The normalized spacial score (nSPS) is 11.8. The van der Waals surface area contributed by atoms with E-state index in [1.807, 2.05) is 30.3 Å². The number of para-hydroxylation sites is 5. The number of rotatable bonds is 6. The van der Waals surface area contributed by atoms with Gasteiger partial charge in [-0.1, -0.05) is 176 Å². The minimum absolute atomic E-state index is 0.268. The van der Waals surface area contributed by atoms with Crippen LogP contribution in [0.1, 0.15) is 0 Å². The van der Waals surface area contributed by atoms with Crippen LogP contribution in [0.5, 0.6) is 0 Å². The maximum Gasteiger partial charge on any atom is 0.147 e. The summed E-state index contributed by atoms with van der Waals surface area (Å²) in [6.45, 7) is 0. The van der Waals surface area contributed by atoms with Gasteiger partial charge in [0.25, 0.3) is 0 Å². The molecule has 0 fully saturated rings. The zero-order valence-electron chi connectivity index (χ0n) is 34.7. The second-order valence-corrected chi connectivity index (χ2v) is 16.6. The molecular formula is C60H38FN3. The molecule has 3 nitrogen and oxygen atoms in total. The second-order valence-electron chi connectivity index (χ2n) is 16.6. The Hall–Kier alpha value is -8.47. The van der Waals surface area contributed by atoms with Gasteiger partial charge in [0.1, 0.15) is 5.82 Å². The lowest BCUT2D eigenvalue weighted by molar-refractivity contribution is 0.621. The lowest BCUT2D eigenvalue weighted by Crippen LogP contribution is -2.01. The summed E-state index contributed by atoms with van der Waals surface area (Å²) in [5.41, 5.74) is 15.6. The van der Waals surface area contributed by atoms with E-state index in [0.29, 0.717) is 5.69 Å². The summed E-state index contributed by atoms with van der Waals surface area (Å²) in [6.07, 6.45) is 0. The highest BCUT2D eigenvalue weighted by Gasteiger charge is 2.24. The van der Waals surface area contributed by atoms with E-state index in [1.165, 1.54) is 43.7 Å². The largest absolute Gasteiger partial charge is 0.309 e. The van der Waals surface area contributed by atoms with E-state index >= 15 is 4.39 Å². The molecule has 0 aliphatic heterocycles. The van der Waals surface area contributed by atoms with Crippen LogP contribution >= 0.6 is 0 Å². The topological polar surface area (TPSA) is 14.8 Å². The standard InChI is InChI=1S/C60H38FN3/c61-51-25-15-24-45(41-18-5-2-6-19-41)59(51)64-54-28-13-8-21-46(54)48-35-32-42(38-57(48)64)44-20-7-11-26-52(44)63-55-29-14-10-23-50(55)58-56(63)37-36-49-47-22-9-12-27-53(47)62(60(49)58)43-33-30-40(31-34-43)39-16-3-1-4-17-39/h1-38H. The van der Waals surface area contributed by atoms with Gasteiger partial charge in [-0.2, -0.15) is 0 Å². The van der Waals surface area contributed by atoms with Crippen LogP contribution in [0.4, 0.5) is 4.39 Å². The molecule has 0 aliphatic rings. The lowest BCUT2D eigenvalue weighted by Gasteiger charge is -2.17. The fourth-order valence-corrected chi connectivity index (χ4v) is 10.4. The Bertz CT molecular complexity index is 3950. The first-order valence-corrected chi connectivity index (χ1v) is 21.8. The molecule has 0 saturated heterocycles. The average Bonchev–Trinajstić information content (AvgIpc) is 4.00. The summed E-state index contributed by atoms with van der Waals surface area (Å²) in [7, 11) is 0. The molecular weight excluding hydrogens is 782 g/mol. The first-order valence-electron chi connectivity index (χ1n) is 21.8. The third-order valence-corrected chi connectivity index (χ3v) is 13.1. The Labute approximate surface area is 368 Å². The third-order valence-electron chi connectivity index (χ3n) is 13.1. The highest BCUT2D eigenvalue weighted by molar-refractivity contribution is 6.26. The van der Waals surface area contributed by atoms with Crippen LogP contribution in [-0.4, -0.2) is 13.7 Å². The molecule has 13 aromatic rings. The summed E-state index contributed by atoms with van der Waals surface area (Å²) in [6, 6.07) is 80.9. The molecule has 3 heterocycles. The van der Waals surface area contributed by atoms with E-state index in [2.05, 4.69) is 202 Å². The van der Waals surface area contributed by atoms with E-state index in [9.17, 15) is 0 Å². The second kappa shape index (κ2) is 14.3. The van der Waals surface area contributed by atoms with Crippen LogP contribution in [0.3, 0.4) is 0 Å². The minimum Gasteiger partial charge on any atom is -0.309 e. The molecule has 300 valence electrons. The number of aromatic nitrogens is 3. The van der Waals surface area contributed by atoms with Gasteiger partial charge in [-0.25, -0.2) is 4.39 Å². The number of hydrogen-bond donors (Lipinski definition) is 0. The van der Waals surface area contributed by atoms with Crippen molar-refractivity contribution >= 4 is 65.4 Å². The maximum absolute atomic E-state index is 16.5. The van der Waals surface area contributed by atoms with Gasteiger partial charge in [-0.15, -0.1) is 0 Å². The molecule has 0 unspecified atom stereocenters. The summed E-state index contributed by atoms with van der Waals surface area (Å²) in [4.78, 5) is 0. The Morgan fingerprint density at radius 2 is 0.828 bits per heavy atom. The van der Waals surface area contributed by atoms with Crippen LogP contribution in [0.2, 0.25) is 0 Å². The fourth-order valence-electron chi connectivity index (χ4n) is 10.4. The van der Waals surface area contributed by atoms with Gasteiger partial charge in [0, 0.05) is 49.1 Å². The molecule has 0 atom stereocenters. The number of nitrogens with zero attached hydrogens (tertiary/aromatic N) is 3. The van der Waals surface area contributed by atoms with Crippen molar-refractivity contribution < 1.29 is 4.39 Å². The molecule has 0 bridgehead atoms. The van der Waals surface area contributed by atoms with Crippen molar-refractivity contribution in [1.29, 1.82) is 0 Å². The highest BCUT2D eigenvalue weighted by Crippen LogP contribution is 2.45. The maximum atomic E-state index is 16.5. The van der Waals surface area contributed by atoms with Crippen LogP contribution < -0.4 is 0 Å². The van der Waals surface area contributed by atoms with Crippen molar-refractivity contribution in [3.63, 3.8) is 0 Å². The SMILES string of the molecule is Fc1cccc(-c2ccccc2)c1-n1c2ccccc2c2ccc(-c3ccccc3-n3c4ccccc4c4c3ccc3c5ccccc5n(-c5ccc(-c6ccccc6)cc5)c34)cc21. The lowest BCUT2D eigenvalue weighted by atomic mass is 10.0. The Balaban J connectivity index is 1.06. The van der Waals surface area contributed by atoms with Gasteiger partial charge in [0.2, 0.25) is 0 Å².